The van der Waals surface area contributed by atoms with Crippen LogP contribution < -0.4 is 14.8 Å². The Hall–Kier alpha value is -3.02. The molecule has 0 fully saturated rings. The Morgan fingerprint density at radius 1 is 1.00 bits per heavy atom. The van der Waals surface area contributed by atoms with Crippen LogP contribution in [-0.2, 0) is 9.53 Å². The maximum atomic E-state index is 12.3. The van der Waals surface area contributed by atoms with Gasteiger partial charge in [-0.05, 0) is 61.2 Å². The van der Waals surface area contributed by atoms with Crippen molar-refractivity contribution in [2.45, 2.75) is 27.7 Å². The van der Waals surface area contributed by atoms with E-state index in [1.165, 1.54) is 7.11 Å². The van der Waals surface area contributed by atoms with Crippen molar-refractivity contribution < 1.29 is 23.8 Å². The van der Waals surface area contributed by atoms with Gasteiger partial charge in [-0.1, -0.05) is 19.9 Å². The number of benzene rings is 2. The second-order valence-corrected chi connectivity index (χ2v) is 7.07. The number of rotatable bonds is 8. The summed E-state index contributed by atoms with van der Waals surface area (Å²) in [4.78, 5) is 24.3. The summed E-state index contributed by atoms with van der Waals surface area (Å²) in [5, 5.41) is 2.73. The van der Waals surface area contributed by atoms with Gasteiger partial charge >= 0.3 is 5.97 Å². The summed E-state index contributed by atoms with van der Waals surface area (Å²) in [6.45, 7) is 8.15. The topological polar surface area (TPSA) is 73.9 Å². The van der Waals surface area contributed by atoms with Gasteiger partial charge in [0.1, 0.15) is 0 Å². The number of anilines is 1. The predicted octanol–water partition coefficient (Wildman–Crippen LogP) is 4.14. The fourth-order valence-electron chi connectivity index (χ4n) is 2.63. The molecule has 0 aliphatic carbocycles. The molecule has 0 saturated heterocycles. The van der Waals surface area contributed by atoms with Gasteiger partial charge in [0.2, 0.25) is 0 Å². The molecule has 0 unspecified atom stereocenters. The van der Waals surface area contributed by atoms with Crippen LogP contribution in [0.25, 0.3) is 0 Å². The monoisotopic (exact) mass is 385 g/mol. The summed E-state index contributed by atoms with van der Waals surface area (Å²) >= 11 is 0. The molecule has 2 aromatic carbocycles. The van der Waals surface area contributed by atoms with Crippen molar-refractivity contribution in [3.63, 3.8) is 0 Å². The largest absolute Gasteiger partial charge is 0.493 e. The lowest BCUT2D eigenvalue weighted by atomic mass is 10.1. The van der Waals surface area contributed by atoms with Crippen LogP contribution in [0.3, 0.4) is 0 Å². The van der Waals surface area contributed by atoms with Gasteiger partial charge in [0, 0.05) is 5.69 Å². The molecule has 0 saturated carbocycles. The summed E-state index contributed by atoms with van der Waals surface area (Å²) < 4.78 is 16.1. The summed E-state index contributed by atoms with van der Waals surface area (Å²) in [7, 11) is 1.50. The molecule has 1 amide bonds. The number of aryl methyl sites for hydroxylation is 2. The Kier molecular flexibility index (Phi) is 7.44. The van der Waals surface area contributed by atoms with E-state index in [1.54, 1.807) is 18.2 Å². The molecule has 0 aromatic heterocycles. The zero-order valence-corrected chi connectivity index (χ0v) is 17.0. The number of hydrogen-bond donors (Lipinski definition) is 1. The number of amides is 1. The van der Waals surface area contributed by atoms with E-state index in [4.69, 9.17) is 14.2 Å². The number of ether oxygens (including phenoxy) is 3. The van der Waals surface area contributed by atoms with Crippen molar-refractivity contribution in [1.29, 1.82) is 0 Å². The molecule has 1 N–H and O–H groups in total. The Morgan fingerprint density at radius 2 is 1.68 bits per heavy atom. The van der Waals surface area contributed by atoms with Gasteiger partial charge in [0.05, 0.1) is 19.3 Å². The summed E-state index contributed by atoms with van der Waals surface area (Å²) in [5.74, 6) is 0.353. The van der Waals surface area contributed by atoms with Crippen LogP contribution >= 0.6 is 0 Å². The highest BCUT2D eigenvalue weighted by molar-refractivity contribution is 5.95. The predicted molar refractivity (Wildman–Crippen MR) is 108 cm³/mol. The molecule has 0 aliphatic rings. The van der Waals surface area contributed by atoms with Crippen LogP contribution in [0.15, 0.2) is 36.4 Å². The highest BCUT2D eigenvalue weighted by Crippen LogP contribution is 2.28. The molecule has 6 nitrogen and oxygen atoms in total. The quantitative estimate of drug-likeness (QED) is 0.691. The van der Waals surface area contributed by atoms with E-state index in [0.29, 0.717) is 29.7 Å². The lowest BCUT2D eigenvalue weighted by Crippen LogP contribution is -2.21. The highest BCUT2D eigenvalue weighted by atomic mass is 16.5. The van der Waals surface area contributed by atoms with E-state index in [2.05, 4.69) is 5.32 Å². The smallest absolute Gasteiger partial charge is 0.338 e. The minimum Gasteiger partial charge on any atom is -0.493 e. The minimum atomic E-state index is -0.607. The first kappa shape index (κ1) is 21.3. The Labute approximate surface area is 165 Å². The Balaban J connectivity index is 1.95. The molecule has 150 valence electrons. The van der Waals surface area contributed by atoms with E-state index in [0.717, 1.165) is 11.1 Å². The molecule has 2 aromatic rings. The van der Waals surface area contributed by atoms with Crippen molar-refractivity contribution in [3.8, 4) is 11.5 Å². The van der Waals surface area contributed by atoms with E-state index in [-0.39, 0.29) is 12.2 Å². The van der Waals surface area contributed by atoms with E-state index in [1.807, 2.05) is 45.9 Å². The zero-order chi connectivity index (χ0) is 20.7. The number of methoxy groups -OCH3 is 1. The molecule has 28 heavy (non-hydrogen) atoms. The average Bonchev–Trinajstić information content (AvgIpc) is 2.63. The summed E-state index contributed by atoms with van der Waals surface area (Å²) in [5.41, 5.74) is 3.04. The van der Waals surface area contributed by atoms with Gasteiger partial charge in [-0.25, -0.2) is 4.79 Å². The third-order valence-corrected chi connectivity index (χ3v) is 3.81. The van der Waals surface area contributed by atoms with Crippen LogP contribution in [0.5, 0.6) is 11.5 Å². The van der Waals surface area contributed by atoms with E-state index >= 15 is 0 Å². The molecule has 2 rings (SSSR count). The maximum absolute atomic E-state index is 12.3. The standard InChI is InChI=1S/C22H27NO5/c1-14(2)12-27-19-7-6-17(11-20(19)26-5)22(25)28-13-21(24)23-18-9-15(3)8-16(4)10-18/h6-11,14H,12-13H2,1-5H3,(H,23,24). The van der Waals surface area contributed by atoms with Crippen molar-refractivity contribution in [3.05, 3.63) is 53.1 Å². The van der Waals surface area contributed by atoms with Gasteiger partial charge < -0.3 is 19.5 Å². The van der Waals surface area contributed by atoms with Crippen LogP contribution in [0.1, 0.15) is 35.3 Å². The lowest BCUT2D eigenvalue weighted by Gasteiger charge is -2.13. The molecule has 0 atom stereocenters. The molecule has 0 radical (unpaired) electrons. The van der Waals surface area contributed by atoms with Crippen LogP contribution in [0.4, 0.5) is 5.69 Å². The van der Waals surface area contributed by atoms with Gasteiger partial charge in [-0.15, -0.1) is 0 Å². The van der Waals surface area contributed by atoms with Gasteiger partial charge in [0.15, 0.2) is 18.1 Å². The van der Waals surface area contributed by atoms with Crippen molar-refractivity contribution in [1.82, 2.24) is 0 Å². The fraction of sp³-hybridized carbons (Fsp3) is 0.364. The first-order valence-electron chi connectivity index (χ1n) is 9.14. The zero-order valence-electron chi connectivity index (χ0n) is 17.0. The average molecular weight is 385 g/mol. The second kappa shape index (κ2) is 9.78. The molecule has 0 spiro atoms. The maximum Gasteiger partial charge on any atom is 0.338 e. The molecule has 0 aliphatic heterocycles. The third kappa shape index (κ3) is 6.30. The number of esters is 1. The molecule has 0 heterocycles. The third-order valence-electron chi connectivity index (χ3n) is 3.81. The first-order chi connectivity index (χ1) is 13.3. The molecular formula is C22H27NO5. The Bertz CT molecular complexity index is 825. The summed E-state index contributed by atoms with van der Waals surface area (Å²) in [6.07, 6.45) is 0. The highest BCUT2D eigenvalue weighted by Gasteiger charge is 2.14. The second-order valence-electron chi connectivity index (χ2n) is 7.07. The van der Waals surface area contributed by atoms with Crippen molar-refractivity contribution in [2.75, 3.05) is 25.6 Å². The number of carbonyl (C=O) groups excluding carboxylic acids is 2. The fourth-order valence-corrected chi connectivity index (χ4v) is 2.63. The van der Waals surface area contributed by atoms with Gasteiger partial charge in [0.25, 0.3) is 5.91 Å². The van der Waals surface area contributed by atoms with E-state index in [9.17, 15) is 9.59 Å². The van der Waals surface area contributed by atoms with E-state index < -0.39 is 11.9 Å². The SMILES string of the molecule is COc1cc(C(=O)OCC(=O)Nc2cc(C)cc(C)c2)ccc1OCC(C)C. The molecule has 0 bridgehead atoms. The normalized spacial score (nSPS) is 10.5. The van der Waals surface area contributed by atoms with Crippen molar-refractivity contribution >= 4 is 17.6 Å². The lowest BCUT2D eigenvalue weighted by molar-refractivity contribution is -0.119. The van der Waals surface area contributed by atoms with Crippen LogP contribution in [0.2, 0.25) is 0 Å². The van der Waals surface area contributed by atoms with Gasteiger partial charge in [-0.3, -0.25) is 4.79 Å². The summed E-state index contributed by atoms with van der Waals surface area (Å²) in [6, 6.07) is 10.5. The van der Waals surface area contributed by atoms with Gasteiger partial charge in [-0.2, -0.15) is 0 Å². The Morgan fingerprint density at radius 3 is 2.29 bits per heavy atom. The van der Waals surface area contributed by atoms with Crippen LogP contribution in [-0.4, -0.2) is 32.2 Å². The number of carbonyl (C=O) groups is 2. The molecular weight excluding hydrogens is 358 g/mol. The number of nitrogens with one attached hydrogen (secondary N) is 1. The minimum absolute atomic E-state index is 0.285. The molecule has 6 heteroatoms. The van der Waals surface area contributed by atoms with Crippen LogP contribution in [0, 0.1) is 19.8 Å². The number of hydrogen-bond acceptors (Lipinski definition) is 5. The van der Waals surface area contributed by atoms with Crippen molar-refractivity contribution in [2.24, 2.45) is 5.92 Å². The first-order valence-corrected chi connectivity index (χ1v) is 9.14.